The van der Waals surface area contributed by atoms with Gasteiger partial charge in [-0.25, -0.2) is 0 Å². The van der Waals surface area contributed by atoms with Gasteiger partial charge in [-0.05, 0) is 42.0 Å². The smallest absolute Gasteiger partial charge is 0.304 e. The van der Waals surface area contributed by atoms with Crippen LogP contribution in [0.1, 0.15) is 50.8 Å². The molecule has 3 rings (SSSR count). The summed E-state index contributed by atoms with van der Waals surface area (Å²) in [4.78, 5) is 14.6. The summed E-state index contributed by atoms with van der Waals surface area (Å²) in [6, 6.07) is 4.16. The molecule has 0 saturated carbocycles. The predicted octanol–water partition coefficient (Wildman–Crippen LogP) is 2.97. The first-order valence-corrected chi connectivity index (χ1v) is 10.6. The molecule has 1 unspecified atom stereocenters. The van der Waals surface area contributed by atoms with Crippen molar-refractivity contribution >= 4 is 5.97 Å². The number of piperidine rings is 1. The molecule has 6 nitrogen and oxygen atoms in total. The Labute approximate surface area is 179 Å². The van der Waals surface area contributed by atoms with Gasteiger partial charge in [0.15, 0.2) is 17.1 Å². The molecule has 0 amide bonds. The van der Waals surface area contributed by atoms with Crippen LogP contribution in [0.15, 0.2) is 12.1 Å². The summed E-state index contributed by atoms with van der Waals surface area (Å²) in [5, 5.41) is 9.37. The van der Waals surface area contributed by atoms with E-state index in [0.717, 1.165) is 31.7 Å². The summed E-state index contributed by atoms with van der Waals surface area (Å²) >= 11 is 0. The monoisotopic (exact) mass is 415 g/mol. The third-order valence-corrected chi connectivity index (χ3v) is 6.19. The van der Waals surface area contributed by atoms with E-state index in [9.17, 15) is 9.90 Å². The van der Waals surface area contributed by atoms with E-state index >= 15 is 0 Å². The number of methoxy groups -OCH3 is 2. The Morgan fingerprint density at radius 2 is 2.00 bits per heavy atom. The number of nitrogens with zero attached hydrogens (tertiary/aromatic N) is 1. The lowest BCUT2D eigenvalue weighted by Gasteiger charge is -2.51. The predicted molar refractivity (Wildman–Crippen MR) is 114 cm³/mol. The molecular weight excluding hydrogens is 382 g/mol. The minimum absolute atomic E-state index is 0.0595. The third-order valence-electron chi connectivity index (χ3n) is 6.19. The normalized spacial score (nSPS) is 25.6. The number of ether oxygens (including phenoxy) is 3. The number of fused-ring (bicyclic) bond motifs is 3. The molecule has 1 aromatic rings. The van der Waals surface area contributed by atoms with Crippen molar-refractivity contribution in [2.45, 2.75) is 51.7 Å². The molecule has 0 spiro atoms. The van der Waals surface area contributed by atoms with E-state index in [1.165, 1.54) is 18.1 Å². The number of hydrogen-bond acceptors (Lipinski definition) is 6. The first-order valence-electron chi connectivity index (χ1n) is 10.6. The maximum Gasteiger partial charge on any atom is 0.304 e. The van der Waals surface area contributed by atoms with Crippen molar-refractivity contribution in [3.63, 3.8) is 0 Å². The SMILES string of the molecule is COc1cc2c(cc1OC)[C@H]1C[C@@](C#CCO)(OC(C)=O)C(CC(C)C)CN1CC2. The number of hydrogen-bond donors (Lipinski definition) is 1. The molecule has 1 N–H and O–H groups in total. The molecule has 3 atom stereocenters. The average Bonchev–Trinajstić information content (AvgIpc) is 2.71. The lowest BCUT2D eigenvalue weighted by Crippen LogP contribution is -2.56. The van der Waals surface area contributed by atoms with E-state index in [4.69, 9.17) is 14.2 Å². The molecule has 164 valence electrons. The van der Waals surface area contributed by atoms with Gasteiger partial charge in [0.1, 0.15) is 6.61 Å². The molecule has 2 aliphatic heterocycles. The molecule has 1 saturated heterocycles. The Bertz CT molecular complexity index is 840. The molecule has 6 heteroatoms. The largest absolute Gasteiger partial charge is 0.493 e. The zero-order valence-electron chi connectivity index (χ0n) is 18.7. The number of aliphatic hydroxyl groups excluding tert-OH is 1. The molecule has 30 heavy (non-hydrogen) atoms. The minimum atomic E-state index is -0.915. The molecule has 1 aromatic carbocycles. The summed E-state index contributed by atoms with van der Waals surface area (Å²) in [6.07, 6.45) is 2.40. The fraction of sp³-hybridized carbons (Fsp3) is 0.625. The molecule has 0 bridgehead atoms. The fourth-order valence-corrected chi connectivity index (χ4v) is 5.01. The lowest BCUT2D eigenvalue weighted by molar-refractivity contribution is -0.165. The Hall–Kier alpha value is -2.23. The van der Waals surface area contributed by atoms with Crippen molar-refractivity contribution in [2.24, 2.45) is 11.8 Å². The highest BCUT2D eigenvalue weighted by molar-refractivity contribution is 5.67. The van der Waals surface area contributed by atoms with Crippen molar-refractivity contribution in [2.75, 3.05) is 33.9 Å². The van der Waals surface area contributed by atoms with E-state index in [-0.39, 0.29) is 24.5 Å². The molecule has 1 fully saturated rings. The Balaban J connectivity index is 2.07. The molecule has 0 aliphatic carbocycles. The van der Waals surface area contributed by atoms with Crippen LogP contribution in [-0.2, 0) is 16.0 Å². The highest BCUT2D eigenvalue weighted by Gasteiger charge is 2.50. The van der Waals surface area contributed by atoms with Crippen LogP contribution in [0.25, 0.3) is 0 Å². The van der Waals surface area contributed by atoms with Gasteiger partial charge in [-0.2, -0.15) is 0 Å². The highest BCUT2D eigenvalue weighted by Crippen LogP contribution is 2.48. The molecule has 2 heterocycles. The quantitative estimate of drug-likeness (QED) is 0.589. The van der Waals surface area contributed by atoms with E-state index in [1.54, 1.807) is 14.2 Å². The van der Waals surface area contributed by atoms with Gasteiger partial charge in [0.05, 0.1) is 14.2 Å². The van der Waals surface area contributed by atoms with Crippen molar-refractivity contribution in [3.8, 4) is 23.3 Å². The second kappa shape index (κ2) is 9.28. The second-order valence-corrected chi connectivity index (χ2v) is 8.64. The van der Waals surface area contributed by atoms with Gasteiger partial charge in [-0.15, -0.1) is 0 Å². The van der Waals surface area contributed by atoms with Crippen LogP contribution >= 0.6 is 0 Å². The molecule has 0 radical (unpaired) electrons. The minimum Gasteiger partial charge on any atom is -0.493 e. The molecule has 0 aromatic heterocycles. The van der Waals surface area contributed by atoms with Gasteiger partial charge in [-0.3, -0.25) is 9.69 Å². The van der Waals surface area contributed by atoms with Gasteiger partial charge in [0, 0.05) is 38.4 Å². The number of esters is 1. The van der Waals surface area contributed by atoms with Crippen LogP contribution in [0.2, 0.25) is 0 Å². The third kappa shape index (κ3) is 4.43. The van der Waals surface area contributed by atoms with Gasteiger partial charge in [0.25, 0.3) is 0 Å². The first kappa shape index (κ1) is 22.5. The van der Waals surface area contributed by atoms with Crippen LogP contribution in [0.3, 0.4) is 0 Å². The van der Waals surface area contributed by atoms with Crippen LogP contribution in [0.4, 0.5) is 0 Å². The second-order valence-electron chi connectivity index (χ2n) is 8.64. The Kier molecular flexibility index (Phi) is 6.95. The maximum absolute atomic E-state index is 12.1. The van der Waals surface area contributed by atoms with Gasteiger partial charge >= 0.3 is 5.97 Å². The topological polar surface area (TPSA) is 68.2 Å². The van der Waals surface area contributed by atoms with E-state index in [2.05, 4.69) is 36.7 Å². The number of aliphatic hydroxyl groups is 1. The highest BCUT2D eigenvalue weighted by atomic mass is 16.6. The van der Waals surface area contributed by atoms with E-state index < -0.39 is 5.60 Å². The van der Waals surface area contributed by atoms with E-state index in [0.29, 0.717) is 18.1 Å². The van der Waals surface area contributed by atoms with Gasteiger partial charge < -0.3 is 19.3 Å². The summed E-state index contributed by atoms with van der Waals surface area (Å²) in [5.74, 6) is 7.56. The molecule has 2 aliphatic rings. The van der Waals surface area contributed by atoms with Gasteiger partial charge in [-0.1, -0.05) is 25.7 Å². The summed E-state index contributed by atoms with van der Waals surface area (Å²) in [7, 11) is 3.28. The zero-order chi connectivity index (χ0) is 21.9. The number of carbonyl (C=O) groups excluding carboxylic acids is 1. The Morgan fingerprint density at radius 1 is 1.30 bits per heavy atom. The average molecular weight is 416 g/mol. The summed E-state index contributed by atoms with van der Waals surface area (Å²) < 4.78 is 17.0. The standard InChI is InChI=1S/C24H33NO5/c1-16(2)11-19-15-25-9-7-18-12-22(28-4)23(29-5)13-20(18)21(25)14-24(19,8-6-10-26)30-17(3)27/h12-13,16,19,21,26H,7,9-11,14-15H2,1-5H3/t19?,21-,24-/m1/s1. The summed E-state index contributed by atoms with van der Waals surface area (Å²) in [6.45, 7) is 7.26. The van der Waals surface area contributed by atoms with Gasteiger partial charge in [0.2, 0.25) is 0 Å². The summed E-state index contributed by atoms with van der Waals surface area (Å²) in [5.41, 5.74) is 1.48. The Morgan fingerprint density at radius 3 is 2.60 bits per heavy atom. The van der Waals surface area contributed by atoms with Crippen molar-refractivity contribution in [1.82, 2.24) is 4.90 Å². The van der Waals surface area contributed by atoms with Crippen LogP contribution in [0.5, 0.6) is 11.5 Å². The van der Waals surface area contributed by atoms with Crippen molar-refractivity contribution in [1.29, 1.82) is 0 Å². The fourth-order valence-electron chi connectivity index (χ4n) is 5.01. The number of benzene rings is 1. The number of carbonyl (C=O) groups is 1. The first-order chi connectivity index (χ1) is 14.3. The zero-order valence-corrected chi connectivity index (χ0v) is 18.7. The van der Waals surface area contributed by atoms with Crippen molar-refractivity contribution in [3.05, 3.63) is 23.3 Å². The number of rotatable bonds is 5. The van der Waals surface area contributed by atoms with E-state index in [1.807, 2.05) is 6.07 Å². The molecular formula is C24H33NO5. The van der Waals surface area contributed by atoms with Crippen LogP contribution in [-0.4, -0.2) is 55.5 Å². The lowest BCUT2D eigenvalue weighted by atomic mass is 9.71. The maximum atomic E-state index is 12.1. The van der Waals surface area contributed by atoms with Crippen molar-refractivity contribution < 1.29 is 24.1 Å². The van der Waals surface area contributed by atoms with Crippen LogP contribution in [0, 0.1) is 23.7 Å². The van der Waals surface area contributed by atoms with Crippen LogP contribution < -0.4 is 9.47 Å².